The summed E-state index contributed by atoms with van der Waals surface area (Å²) in [7, 11) is 0. The summed E-state index contributed by atoms with van der Waals surface area (Å²) in [4.78, 5) is 13.2. The van der Waals surface area contributed by atoms with Gasteiger partial charge in [-0.05, 0) is 72.4 Å². The SMILES string of the molecule is C[C@@H](N)c1cccc(-c2cc(COc3ccccc3COC=O)cc(N3CCC4(CC3)COC4)c2)c1. The molecular formula is C30H34N2O4. The van der Waals surface area contributed by atoms with E-state index in [9.17, 15) is 4.79 Å². The number of hydrogen-bond acceptors (Lipinski definition) is 6. The highest BCUT2D eigenvalue weighted by atomic mass is 16.5. The van der Waals surface area contributed by atoms with Crippen LogP contribution in [0.25, 0.3) is 11.1 Å². The van der Waals surface area contributed by atoms with Gasteiger partial charge in [0.2, 0.25) is 0 Å². The molecule has 0 unspecified atom stereocenters. The summed E-state index contributed by atoms with van der Waals surface area (Å²) >= 11 is 0. The number of piperidine rings is 1. The van der Waals surface area contributed by atoms with E-state index in [2.05, 4.69) is 47.4 Å². The molecule has 0 aliphatic carbocycles. The van der Waals surface area contributed by atoms with Crippen LogP contribution in [-0.4, -0.2) is 32.8 Å². The highest BCUT2D eigenvalue weighted by Gasteiger charge is 2.41. The van der Waals surface area contributed by atoms with Crippen LogP contribution >= 0.6 is 0 Å². The summed E-state index contributed by atoms with van der Waals surface area (Å²) in [6, 6.07) is 22.8. The maximum Gasteiger partial charge on any atom is 0.293 e. The fourth-order valence-electron chi connectivity index (χ4n) is 5.08. The van der Waals surface area contributed by atoms with E-state index in [1.807, 2.05) is 31.2 Å². The maximum absolute atomic E-state index is 10.7. The van der Waals surface area contributed by atoms with Gasteiger partial charge in [-0.15, -0.1) is 0 Å². The summed E-state index contributed by atoms with van der Waals surface area (Å²) < 4.78 is 16.7. The second-order valence-electron chi connectivity index (χ2n) is 10.1. The molecule has 6 nitrogen and oxygen atoms in total. The van der Waals surface area contributed by atoms with Crippen LogP contribution in [0.2, 0.25) is 0 Å². The average Bonchev–Trinajstić information content (AvgIpc) is 2.90. The molecule has 3 aromatic rings. The molecule has 5 rings (SSSR count). The Morgan fingerprint density at radius 3 is 2.53 bits per heavy atom. The minimum atomic E-state index is -0.0241. The molecule has 2 N–H and O–H groups in total. The quantitative estimate of drug-likeness (QED) is 0.417. The maximum atomic E-state index is 10.7. The monoisotopic (exact) mass is 486 g/mol. The van der Waals surface area contributed by atoms with E-state index < -0.39 is 0 Å². The van der Waals surface area contributed by atoms with Crippen molar-refractivity contribution in [1.29, 1.82) is 0 Å². The van der Waals surface area contributed by atoms with E-state index in [1.54, 1.807) is 0 Å². The molecule has 0 amide bonds. The summed E-state index contributed by atoms with van der Waals surface area (Å²) in [6.45, 7) is 6.92. The van der Waals surface area contributed by atoms with Gasteiger partial charge < -0.3 is 24.8 Å². The molecule has 2 fully saturated rings. The molecule has 1 atom stereocenters. The molecular weight excluding hydrogens is 452 g/mol. The number of carbonyl (C=O) groups is 1. The lowest BCUT2D eigenvalue weighted by Crippen LogP contribution is -2.50. The fraction of sp³-hybridized carbons (Fsp3) is 0.367. The summed E-state index contributed by atoms with van der Waals surface area (Å²) in [5.74, 6) is 0.718. The fourth-order valence-corrected chi connectivity index (χ4v) is 5.08. The predicted octanol–water partition coefficient (Wildman–Crippen LogP) is 5.24. The first-order chi connectivity index (χ1) is 17.5. The Morgan fingerprint density at radius 2 is 1.81 bits per heavy atom. The first kappa shape index (κ1) is 24.3. The zero-order chi connectivity index (χ0) is 25.0. The van der Waals surface area contributed by atoms with Gasteiger partial charge in [-0.1, -0.05) is 36.4 Å². The summed E-state index contributed by atoms with van der Waals surface area (Å²) in [5.41, 5.74) is 13.1. The normalized spacial score (nSPS) is 17.3. The molecule has 2 heterocycles. The van der Waals surface area contributed by atoms with Crippen molar-refractivity contribution in [1.82, 2.24) is 0 Å². The molecule has 36 heavy (non-hydrogen) atoms. The third-order valence-electron chi connectivity index (χ3n) is 7.40. The number of hydrogen-bond donors (Lipinski definition) is 1. The van der Waals surface area contributed by atoms with E-state index in [0.717, 1.165) is 72.7 Å². The molecule has 0 saturated carbocycles. The van der Waals surface area contributed by atoms with Gasteiger partial charge in [0.15, 0.2) is 0 Å². The number of ether oxygens (including phenoxy) is 3. The van der Waals surface area contributed by atoms with Gasteiger partial charge in [0.1, 0.15) is 19.0 Å². The molecule has 188 valence electrons. The number of rotatable bonds is 9. The Bertz CT molecular complexity index is 1200. The van der Waals surface area contributed by atoms with E-state index in [4.69, 9.17) is 19.9 Å². The third-order valence-corrected chi connectivity index (χ3v) is 7.40. The molecule has 2 aliphatic heterocycles. The second kappa shape index (κ2) is 10.7. The van der Waals surface area contributed by atoms with Crippen LogP contribution in [0.1, 0.15) is 42.5 Å². The van der Waals surface area contributed by atoms with Crippen molar-refractivity contribution in [2.75, 3.05) is 31.2 Å². The number of nitrogens with two attached hydrogens (primary N) is 1. The first-order valence-corrected chi connectivity index (χ1v) is 12.6. The minimum absolute atomic E-state index is 0.0241. The van der Waals surface area contributed by atoms with Gasteiger partial charge in [0.25, 0.3) is 6.47 Å². The van der Waals surface area contributed by atoms with Crippen molar-refractivity contribution in [2.24, 2.45) is 11.1 Å². The molecule has 0 aromatic heterocycles. The number of carbonyl (C=O) groups excluding carboxylic acids is 1. The van der Waals surface area contributed by atoms with Crippen LogP contribution < -0.4 is 15.4 Å². The van der Waals surface area contributed by atoms with E-state index >= 15 is 0 Å². The van der Waals surface area contributed by atoms with Gasteiger partial charge in [-0.25, -0.2) is 0 Å². The lowest BCUT2D eigenvalue weighted by Gasteiger charge is -2.48. The van der Waals surface area contributed by atoms with Gasteiger partial charge in [-0.3, -0.25) is 4.79 Å². The molecule has 0 bridgehead atoms. The Morgan fingerprint density at radius 1 is 1.00 bits per heavy atom. The topological polar surface area (TPSA) is 74.0 Å². The Balaban J connectivity index is 1.42. The Kier molecular flexibility index (Phi) is 7.25. The van der Waals surface area contributed by atoms with Gasteiger partial charge in [0.05, 0.1) is 13.2 Å². The zero-order valence-electron chi connectivity index (χ0n) is 20.8. The Hall–Kier alpha value is -3.35. The number of anilines is 1. The van der Waals surface area contributed by atoms with E-state index in [1.165, 1.54) is 5.69 Å². The van der Waals surface area contributed by atoms with Crippen molar-refractivity contribution in [3.05, 3.63) is 83.4 Å². The van der Waals surface area contributed by atoms with E-state index in [0.29, 0.717) is 18.5 Å². The number of para-hydroxylation sites is 1. The highest BCUT2D eigenvalue weighted by Crippen LogP contribution is 2.40. The molecule has 1 spiro atoms. The van der Waals surface area contributed by atoms with Crippen LogP contribution in [0.4, 0.5) is 5.69 Å². The van der Waals surface area contributed by atoms with Crippen molar-refractivity contribution in [3.8, 4) is 16.9 Å². The summed E-state index contributed by atoms with van der Waals surface area (Å²) in [5, 5.41) is 0. The van der Waals surface area contributed by atoms with Crippen LogP contribution in [0.15, 0.2) is 66.7 Å². The molecule has 6 heteroatoms. The first-order valence-electron chi connectivity index (χ1n) is 12.6. The van der Waals surface area contributed by atoms with Crippen LogP contribution in [0.3, 0.4) is 0 Å². The van der Waals surface area contributed by atoms with Crippen molar-refractivity contribution in [3.63, 3.8) is 0 Å². The van der Waals surface area contributed by atoms with Crippen LogP contribution in [0.5, 0.6) is 5.75 Å². The van der Waals surface area contributed by atoms with Gasteiger partial charge >= 0.3 is 0 Å². The van der Waals surface area contributed by atoms with Crippen molar-refractivity contribution < 1.29 is 19.0 Å². The number of nitrogens with zero attached hydrogens (tertiary/aromatic N) is 1. The van der Waals surface area contributed by atoms with Gasteiger partial charge in [-0.2, -0.15) is 0 Å². The Labute approximate surface area is 213 Å². The molecule has 3 aromatic carbocycles. The number of benzene rings is 3. The summed E-state index contributed by atoms with van der Waals surface area (Å²) in [6.07, 6.45) is 2.32. The lowest BCUT2D eigenvalue weighted by molar-refractivity contribution is -0.129. The standard InChI is InChI=1S/C30H34N2O4/c1-22(31)24-6-4-7-25(15-24)27-13-23(17-36-29-8-3-2-5-26(29)18-34-21-33)14-28(16-27)32-11-9-30(10-12-32)19-35-20-30/h2-8,13-16,21-22H,9-12,17-20,31H2,1H3/t22-/m1/s1. The largest absolute Gasteiger partial charge is 0.488 e. The third kappa shape index (κ3) is 5.40. The van der Waals surface area contributed by atoms with Crippen LogP contribution in [0, 0.1) is 5.41 Å². The molecule has 2 saturated heterocycles. The lowest BCUT2D eigenvalue weighted by atomic mass is 9.76. The molecule has 2 aliphatic rings. The second-order valence-corrected chi connectivity index (χ2v) is 10.1. The van der Waals surface area contributed by atoms with Crippen molar-refractivity contribution >= 4 is 12.2 Å². The predicted molar refractivity (Wildman–Crippen MR) is 141 cm³/mol. The van der Waals surface area contributed by atoms with Crippen LogP contribution in [-0.2, 0) is 27.5 Å². The zero-order valence-corrected chi connectivity index (χ0v) is 20.8. The van der Waals surface area contributed by atoms with E-state index in [-0.39, 0.29) is 12.6 Å². The minimum Gasteiger partial charge on any atom is -0.488 e. The van der Waals surface area contributed by atoms with Gasteiger partial charge in [0, 0.05) is 35.8 Å². The average molecular weight is 487 g/mol. The molecule has 0 radical (unpaired) electrons. The highest BCUT2D eigenvalue weighted by molar-refractivity contribution is 5.70. The van der Waals surface area contributed by atoms with Crippen molar-refractivity contribution in [2.45, 2.75) is 39.0 Å². The smallest absolute Gasteiger partial charge is 0.293 e.